The monoisotopic (exact) mass is 758 g/mol. The second-order valence-corrected chi connectivity index (χ2v) is 18.1. The number of benzene rings is 4. The molecule has 254 valence electrons. The summed E-state index contributed by atoms with van der Waals surface area (Å²) in [6.45, 7) is 12.8. The molecule has 0 aliphatic heterocycles. The number of hydrogen-bond donors (Lipinski definition) is 0. The van der Waals surface area contributed by atoms with Crippen LogP contribution in [0.1, 0.15) is 24.0 Å². The normalized spacial score (nSPS) is 14.0. The molecule has 0 amide bonds. The van der Waals surface area contributed by atoms with Gasteiger partial charge < -0.3 is 4.98 Å². The largest absolute Gasteiger partial charge is 2.00 e. The van der Waals surface area contributed by atoms with E-state index in [1.165, 1.54) is 21.9 Å². The molecule has 2 saturated carbocycles. The fourth-order valence-electron chi connectivity index (χ4n) is 6.11. The maximum atomic E-state index is 4.52. The number of nitrogens with zero attached hydrogens (tertiary/aromatic N) is 2. The predicted octanol–water partition coefficient (Wildman–Crippen LogP) is 8.28. The van der Waals surface area contributed by atoms with Crippen LogP contribution in [-0.2, 0) is 26.2 Å². The molecule has 4 aromatic carbocycles. The van der Waals surface area contributed by atoms with Crippen molar-refractivity contribution in [1.82, 2.24) is 9.97 Å². The molecular formula is C46H49BN2SiZr. The molecule has 0 N–H and O–H groups in total. The zero-order chi connectivity index (χ0) is 35.7. The Morgan fingerprint density at radius 3 is 1.04 bits per heavy atom. The molecule has 5 aromatic rings. The second kappa shape index (κ2) is 22.1. The van der Waals surface area contributed by atoms with Crippen molar-refractivity contribution in [1.29, 1.82) is 0 Å². The van der Waals surface area contributed by atoms with Crippen molar-refractivity contribution in [2.24, 2.45) is 0 Å². The van der Waals surface area contributed by atoms with Gasteiger partial charge in [-0.05, 0) is 92.3 Å². The molecule has 0 unspecified atom stereocenters. The first-order chi connectivity index (χ1) is 24.2. The Morgan fingerprint density at radius 2 is 0.784 bits per heavy atom. The average molecular weight is 760 g/mol. The summed E-state index contributed by atoms with van der Waals surface area (Å²) in [4.78, 5) is 8.84. The predicted molar refractivity (Wildman–Crippen MR) is 220 cm³/mol. The smallest absolute Gasteiger partial charge is 0.345 e. The van der Waals surface area contributed by atoms with E-state index in [2.05, 4.69) is 164 Å². The van der Waals surface area contributed by atoms with Gasteiger partial charge in [-0.1, -0.05) is 154 Å². The van der Waals surface area contributed by atoms with Gasteiger partial charge >= 0.3 is 26.2 Å². The van der Waals surface area contributed by atoms with Crippen LogP contribution in [0.25, 0.3) is 5.57 Å². The molecule has 51 heavy (non-hydrogen) atoms. The molecule has 0 atom stereocenters. The summed E-state index contributed by atoms with van der Waals surface area (Å²) in [5, 5.41) is 0. The Bertz CT molecular complexity index is 1510. The summed E-state index contributed by atoms with van der Waals surface area (Å²) < 4.78 is 0. The molecule has 0 spiro atoms. The Balaban J connectivity index is 0.000000227. The first kappa shape index (κ1) is 42.3. The first-order valence-corrected chi connectivity index (χ1v) is 20.8. The molecule has 0 bridgehead atoms. The van der Waals surface area contributed by atoms with Crippen LogP contribution >= 0.6 is 0 Å². The number of aromatic nitrogens is 2. The van der Waals surface area contributed by atoms with Gasteiger partial charge in [0, 0.05) is 5.69 Å². The van der Waals surface area contributed by atoms with Gasteiger partial charge in [-0.3, -0.25) is 10.7 Å². The van der Waals surface area contributed by atoms with Gasteiger partial charge in [-0.25, -0.2) is 5.57 Å². The third-order valence-corrected chi connectivity index (χ3v) is 9.57. The standard InChI is InChI=1S/C24H20B.C12H19N2Si.2C5H5.Zr/c1-5-13-21(14-6-1)25(22-15-7-2-8-16-22,23-17-9-3-10-18-23)24-19-11-4-12-20-24;1-9(8-15(4,5)6)12-7-13-10(2)11(3)14-12;2*1-2-4-5-3-1;/h1-20H;7H,1-6H3;2*1-5H;/q2*-1;;;+2. The number of allylic oxidation sites excluding steroid dienone is 1. The van der Waals surface area contributed by atoms with E-state index in [4.69, 9.17) is 0 Å². The van der Waals surface area contributed by atoms with Gasteiger partial charge in [-0.15, -0.1) is 0 Å². The van der Waals surface area contributed by atoms with E-state index in [0.29, 0.717) is 0 Å². The number of aryl methyl sites for hydroxylation is 2. The van der Waals surface area contributed by atoms with E-state index >= 15 is 0 Å². The molecule has 7 rings (SSSR count). The average Bonchev–Trinajstić information content (AvgIpc) is 3.92. The van der Waals surface area contributed by atoms with Crippen molar-refractivity contribution in [3.8, 4) is 0 Å². The Labute approximate surface area is 330 Å². The van der Waals surface area contributed by atoms with Gasteiger partial charge in [0.25, 0.3) is 0 Å². The van der Waals surface area contributed by atoms with Crippen LogP contribution in [0.4, 0.5) is 0 Å². The van der Waals surface area contributed by atoms with Crippen molar-refractivity contribution in [2.45, 2.75) is 40.4 Å². The molecule has 10 radical (unpaired) electrons. The Hall–Kier alpha value is -3.14. The molecule has 0 saturated heterocycles. The van der Waals surface area contributed by atoms with E-state index < -0.39 is 14.2 Å². The van der Waals surface area contributed by atoms with Crippen LogP contribution in [0, 0.1) is 83.8 Å². The van der Waals surface area contributed by atoms with Crippen LogP contribution in [-0.4, -0.2) is 24.2 Å². The minimum absolute atomic E-state index is 0. The maximum Gasteiger partial charge on any atom is 2.00 e. The Morgan fingerprint density at radius 1 is 0.490 bits per heavy atom. The van der Waals surface area contributed by atoms with Crippen LogP contribution in [0.2, 0.25) is 19.6 Å². The SMILES string of the molecule is CC(=[C-][Si](C)(C)C)c1cnc(C)c(C)n1.[CH]1[CH][CH][CH][CH]1.[CH]1[CH][CH][CH][CH]1.[Zr+2].c1ccc([B-](c2ccccc2)(c2ccccc2)c2ccccc2)cc1. The fourth-order valence-corrected chi connectivity index (χ4v) is 7.37. The Kier molecular flexibility index (Phi) is 18.3. The quantitative estimate of drug-likeness (QED) is 0.129. The van der Waals surface area contributed by atoms with E-state index in [0.717, 1.165) is 22.7 Å². The molecule has 1 heterocycles. The zero-order valence-electron chi connectivity index (χ0n) is 30.9. The summed E-state index contributed by atoms with van der Waals surface area (Å²) >= 11 is 0. The van der Waals surface area contributed by atoms with E-state index in [1.54, 1.807) is 0 Å². The van der Waals surface area contributed by atoms with Crippen molar-refractivity contribution < 1.29 is 26.2 Å². The summed E-state index contributed by atoms with van der Waals surface area (Å²) in [6.07, 6.45) is 20.6. The third kappa shape index (κ3) is 13.1. The van der Waals surface area contributed by atoms with E-state index in [1.807, 2.05) is 84.3 Å². The fraction of sp³-hybridized carbons (Fsp3) is 0.130. The van der Waals surface area contributed by atoms with Crippen molar-refractivity contribution in [2.75, 3.05) is 0 Å². The van der Waals surface area contributed by atoms with Crippen LogP contribution in [0.5, 0.6) is 0 Å². The minimum atomic E-state index is -1.29. The van der Waals surface area contributed by atoms with E-state index in [9.17, 15) is 0 Å². The van der Waals surface area contributed by atoms with Crippen LogP contribution < -0.4 is 21.9 Å². The summed E-state index contributed by atoms with van der Waals surface area (Å²) in [6, 6.07) is 43.5. The molecule has 2 fully saturated rings. The molecule has 2 aliphatic rings. The third-order valence-electron chi connectivity index (χ3n) is 8.45. The van der Waals surface area contributed by atoms with E-state index in [-0.39, 0.29) is 26.2 Å². The molecule has 2 nitrogen and oxygen atoms in total. The topological polar surface area (TPSA) is 25.8 Å². The molecule has 1 aromatic heterocycles. The molecular weight excluding hydrogens is 711 g/mol. The molecule has 2 aliphatic carbocycles. The zero-order valence-corrected chi connectivity index (χ0v) is 34.3. The summed E-state index contributed by atoms with van der Waals surface area (Å²) in [7, 11) is -1.29. The second-order valence-electron chi connectivity index (χ2n) is 13.4. The van der Waals surface area contributed by atoms with Crippen molar-refractivity contribution in [3.05, 3.63) is 215 Å². The minimum Gasteiger partial charge on any atom is -0.345 e. The van der Waals surface area contributed by atoms with Gasteiger partial charge in [-0.2, -0.15) is 21.9 Å². The maximum absolute atomic E-state index is 4.52. The first-order valence-electron chi connectivity index (χ1n) is 17.3. The van der Waals surface area contributed by atoms with Crippen LogP contribution in [0.3, 0.4) is 0 Å². The van der Waals surface area contributed by atoms with Gasteiger partial charge in [0.15, 0.2) is 0 Å². The van der Waals surface area contributed by atoms with Gasteiger partial charge in [0.05, 0.1) is 5.69 Å². The summed E-state index contributed by atoms with van der Waals surface area (Å²) in [5.41, 5.74) is 13.0. The van der Waals surface area contributed by atoms with Gasteiger partial charge in [0.2, 0.25) is 0 Å². The van der Waals surface area contributed by atoms with Crippen molar-refractivity contribution >= 4 is 41.6 Å². The summed E-state index contributed by atoms with van der Waals surface area (Å²) in [5.74, 6) is 0. The van der Waals surface area contributed by atoms with Crippen LogP contribution in [0.15, 0.2) is 128 Å². The number of rotatable bonds is 6. The van der Waals surface area contributed by atoms with Gasteiger partial charge in [0.1, 0.15) is 6.15 Å². The number of hydrogen-bond acceptors (Lipinski definition) is 2. The van der Waals surface area contributed by atoms with Crippen molar-refractivity contribution in [3.63, 3.8) is 0 Å². The molecule has 5 heteroatoms.